The number of hydrogen-bond acceptors (Lipinski definition) is 4. The Labute approximate surface area is 167 Å². The fraction of sp³-hybridized carbons (Fsp3) is 0.824. The quantitative estimate of drug-likeness (QED) is 0.361. The topological polar surface area (TPSA) is 87.4 Å². The number of aromatic nitrogens is 3. The molecule has 0 bridgehead atoms. The van der Waals surface area contributed by atoms with Gasteiger partial charge in [0.2, 0.25) is 0 Å². The maximum absolute atomic E-state index is 10.6. The first-order chi connectivity index (χ1) is 11.6. The minimum absolute atomic E-state index is 0. The number of rotatable bonds is 4. The van der Waals surface area contributed by atoms with Crippen LogP contribution in [0.3, 0.4) is 0 Å². The van der Waals surface area contributed by atoms with Crippen LogP contribution in [-0.2, 0) is 13.0 Å². The van der Waals surface area contributed by atoms with E-state index in [0.29, 0.717) is 6.54 Å². The second-order valence-corrected chi connectivity index (χ2v) is 7.12. The molecule has 1 aromatic rings. The fourth-order valence-corrected chi connectivity index (χ4v) is 3.66. The molecular weight excluding hydrogens is 431 g/mol. The van der Waals surface area contributed by atoms with E-state index >= 15 is 0 Å². The minimum atomic E-state index is -0.622. The fourth-order valence-electron chi connectivity index (χ4n) is 3.66. The van der Waals surface area contributed by atoms with Gasteiger partial charge in [-0.25, -0.2) is 9.67 Å². The molecule has 0 saturated heterocycles. The molecule has 7 nitrogen and oxygen atoms in total. The molecule has 1 aliphatic heterocycles. The third-order valence-corrected chi connectivity index (χ3v) is 4.96. The van der Waals surface area contributed by atoms with Crippen LogP contribution < -0.4 is 10.6 Å². The smallest absolute Gasteiger partial charge is 0.191 e. The van der Waals surface area contributed by atoms with Crippen molar-refractivity contribution >= 4 is 29.9 Å². The summed E-state index contributed by atoms with van der Waals surface area (Å²) in [7, 11) is 0. The van der Waals surface area contributed by atoms with Gasteiger partial charge in [-0.3, -0.25) is 4.99 Å². The van der Waals surface area contributed by atoms with Crippen molar-refractivity contribution in [1.29, 1.82) is 0 Å². The largest absolute Gasteiger partial charge is 0.388 e. The van der Waals surface area contributed by atoms with E-state index in [4.69, 9.17) is 0 Å². The Balaban J connectivity index is 0.00000225. The molecular formula is C17H31IN6O. The van der Waals surface area contributed by atoms with Crippen molar-refractivity contribution in [3.63, 3.8) is 0 Å². The highest BCUT2D eigenvalue weighted by Gasteiger charge is 2.29. The van der Waals surface area contributed by atoms with Crippen LogP contribution in [-0.4, -0.2) is 50.6 Å². The van der Waals surface area contributed by atoms with Gasteiger partial charge >= 0.3 is 0 Å². The molecule has 1 saturated carbocycles. The number of halogens is 1. The Kier molecular flexibility index (Phi) is 7.48. The van der Waals surface area contributed by atoms with E-state index in [1.165, 1.54) is 6.42 Å². The Morgan fingerprint density at radius 1 is 1.36 bits per heavy atom. The van der Waals surface area contributed by atoms with E-state index in [9.17, 15) is 5.11 Å². The summed E-state index contributed by atoms with van der Waals surface area (Å²) in [6.45, 7) is 6.09. The summed E-state index contributed by atoms with van der Waals surface area (Å²) in [5, 5.41) is 21.9. The molecule has 1 fully saturated rings. The lowest BCUT2D eigenvalue weighted by Crippen LogP contribution is -2.48. The number of hydrogen-bond donors (Lipinski definition) is 3. The third-order valence-electron chi connectivity index (χ3n) is 4.96. The van der Waals surface area contributed by atoms with E-state index < -0.39 is 5.60 Å². The molecule has 25 heavy (non-hydrogen) atoms. The van der Waals surface area contributed by atoms with Gasteiger partial charge in [0, 0.05) is 19.0 Å². The molecule has 0 radical (unpaired) electrons. The highest BCUT2D eigenvalue weighted by atomic mass is 127. The molecule has 1 atom stereocenters. The van der Waals surface area contributed by atoms with E-state index in [0.717, 1.165) is 69.2 Å². The number of fused-ring (bicyclic) bond motifs is 1. The number of nitrogens with zero attached hydrogens (tertiary/aromatic N) is 4. The summed E-state index contributed by atoms with van der Waals surface area (Å²) in [6.07, 6.45) is 7.11. The third kappa shape index (κ3) is 5.54. The van der Waals surface area contributed by atoms with Crippen LogP contribution in [0.4, 0.5) is 0 Å². The summed E-state index contributed by atoms with van der Waals surface area (Å²) in [6, 6.07) is 0.289. The Hall–Kier alpha value is -0.900. The van der Waals surface area contributed by atoms with Crippen LogP contribution in [0.2, 0.25) is 0 Å². The van der Waals surface area contributed by atoms with E-state index in [2.05, 4.69) is 32.6 Å². The highest BCUT2D eigenvalue weighted by molar-refractivity contribution is 14.0. The maximum Gasteiger partial charge on any atom is 0.191 e. The van der Waals surface area contributed by atoms with E-state index in [1.807, 2.05) is 11.6 Å². The number of aryl methyl sites for hydroxylation is 2. The zero-order valence-electron chi connectivity index (χ0n) is 15.3. The van der Waals surface area contributed by atoms with Crippen LogP contribution in [0.15, 0.2) is 4.99 Å². The van der Waals surface area contributed by atoms with Gasteiger partial charge in [-0.05, 0) is 33.1 Å². The molecule has 3 N–H and O–H groups in total. The van der Waals surface area contributed by atoms with Crippen molar-refractivity contribution in [2.24, 2.45) is 4.99 Å². The molecule has 8 heteroatoms. The van der Waals surface area contributed by atoms with Crippen molar-refractivity contribution in [1.82, 2.24) is 25.4 Å². The maximum atomic E-state index is 10.6. The molecule has 0 amide bonds. The van der Waals surface area contributed by atoms with E-state index in [1.54, 1.807) is 0 Å². The average Bonchev–Trinajstić information content (AvgIpc) is 2.93. The lowest BCUT2D eigenvalue weighted by Gasteiger charge is -2.31. The second-order valence-electron chi connectivity index (χ2n) is 7.12. The lowest BCUT2D eigenvalue weighted by atomic mass is 9.85. The molecule has 0 aromatic carbocycles. The SMILES string of the molecule is CCNC(=NCC1(O)CCCCC1)NC1CCc2nc(C)nn2C1.I. The van der Waals surface area contributed by atoms with Crippen molar-refractivity contribution in [3.05, 3.63) is 11.6 Å². The Morgan fingerprint density at radius 2 is 2.12 bits per heavy atom. The zero-order valence-corrected chi connectivity index (χ0v) is 17.6. The van der Waals surface area contributed by atoms with Crippen LogP contribution in [0, 0.1) is 6.92 Å². The Morgan fingerprint density at radius 3 is 2.84 bits per heavy atom. The van der Waals surface area contributed by atoms with Crippen LogP contribution in [0.1, 0.15) is 57.1 Å². The van der Waals surface area contributed by atoms with Crippen molar-refractivity contribution < 1.29 is 5.11 Å². The van der Waals surface area contributed by atoms with Gasteiger partial charge in [0.05, 0.1) is 18.7 Å². The minimum Gasteiger partial charge on any atom is -0.388 e. The van der Waals surface area contributed by atoms with Gasteiger partial charge in [0.1, 0.15) is 11.6 Å². The van der Waals surface area contributed by atoms with Gasteiger partial charge in [0.25, 0.3) is 0 Å². The summed E-state index contributed by atoms with van der Waals surface area (Å²) < 4.78 is 1.99. The first kappa shape index (κ1) is 20.4. The van der Waals surface area contributed by atoms with Crippen LogP contribution in [0.5, 0.6) is 0 Å². The van der Waals surface area contributed by atoms with Gasteiger partial charge in [-0.2, -0.15) is 5.10 Å². The van der Waals surface area contributed by atoms with Gasteiger partial charge in [-0.15, -0.1) is 24.0 Å². The molecule has 3 rings (SSSR count). The number of guanidine groups is 1. The Bertz CT molecular complexity index is 582. The molecule has 1 aromatic heterocycles. The number of nitrogens with one attached hydrogen (secondary N) is 2. The standard InChI is InChI=1S/C17H30N6O.HI/c1-3-18-16(19-12-17(24)9-5-4-6-10-17)21-14-7-8-15-20-13(2)22-23(15)11-14;/h14,24H,3-12H2,1-2H3,(H2,18,19,21);1H. The normalized spacial score (nSPS) is 22.7. The van der Waals surface area contributed by atoms with Gasteiger partial charge in [0.15, 0.2) is 5.96 Å². The monoisotopic (exact) mass is 462 g/mol. The summed E-state index contributed by atoms with van der Waals surface area (Å²) >= 11 is 0. The van der Waals surface area contributed by atoms with Crippen molar-refractivity contribution in [2.45, 2.75) is 77.0 Å². The highest BCUT2D eigenvalue weighted by Crippen LogP contribution is 2.28. The van der Waals surface area contributed by atoms with Gasteiger partial charge < -0.3 is 15.7 Å². The van der Waals surface area contributed by atoms with E-state index in [-0.39, 0.29) is 30.0 Å². The molecule has 2 heterocycles. The molecule has 1 aliphatic carbocycles. The predicted octanol–water partition coefficient (Wildman–Crippen LogP) is 1.77. The summed E-state index contributed by atoms with van der Waals surface area (Å²) in [4.78, 5) is 9.12. The van der Waals surface area contributed by atoms with Crippen LogP contribution in [0.25, 0.3) is 0 Å². The van der Waals surface area contributed by atoms with Crippen LogP contribution >= 0.6 is 24.0 Å². The number of aliphatic hydroxyl groups is 1. The lowest BCUT2D eigenvalue weighted by molar-refractivity contribution is 0.0131. The molecule has 2 aliphatic rings. The second kappa shape index (κ2) is 9.16. The first-order valence-electron chi connectivity index (χ1n) is 9.25. The molecule has 0 spiro atoms. The zero-order chi connectivity index (χ0) is 17.0. The summed E-state index contributed by atoms with van der Waals surface area (Å²) in [5.41, 5.74) is -0.622. The molecule has 142 valence electrons. The summed E-state index contributed by atoms with van der Waals surface area (Å²) in [5.74, 6) is 2.71. The number of aliphatic imine (C=N–C) groups is 1. The van der Waals surface area contributed by atoms with Crippen molar-refractivity contribution in [3.8, 4) is 0 Å². The first-order valence-corrected chi connectivity index (χ1v) is 9.25. The molecule has 1 unspecified atom stereocenters. The predicted molar refractivity (Wildman–Crippen MR) is 109 cm³/mol. The average molecular weight is 462 g/mol. The van der Waals surface area contributed by atoms with Crippen molar-refractivity contribution in [2.75, 3.05) is 13.1 Å². The van der Waals surface area contributed by atoms with Gasteiger partial charge in [-0.1, -0.05) is 19.3 Å².